The quantitative estimate of drug-likeness (QED) is 0.648. The summed E-state index contributed by atoms with van der Waals surface area (Å²) in [5.41, 5.74) is 0. The molecule has 2 saturated carbocycles. The topological polar surface area (TPSA) is 0 Å². The first-order valence-electron chi connectivity index (χ1n) is 6.04. The Kier molecular flexibility index (Phi) is 3.40. The normalized spacial score (nSPS) is 39.4. The molecule has 0 radical (unpaired) electrons. The zero-order valence-corrected chi connectivity index (χ0v) is 8.72. The first-order chi connectivity index (χ1) is 6.75. The Bertz CT molecular complexity index is 165. The molecule has 2 fully saturated rings. The lowest BCUT2D eigenvalue weighted by Gasteiger charge is -2.12. The average molecular weight is 202 g/mol. The molecule has 82 valence electrons. The fraction of sp³-hybridized carbons (Fsp3) is 1.00. The predicted molar refractivity (Wildman–Crippen MR) is 53.7 cm³/mol. The van der Waals surface area contributed by atoms with Crippen molar-refractivity contribution in [2.45, 2.75) is 63.7 Å². The van der Waals surface area contributed by atoms with Gasteiger partial charge in [-0.25, -0.2) is 8.78 Å². The molecule has 0 bridgehead atoms. The fourth-order valence-electron chi connectivity index (χ4n) is 3.03. The van der Waals surface area contributed by atoms with Crippen molar-refractivity contribution >= 4 is 0 Å². The summed E-state index contributed by atoms with van der Waals surface area (Å²) >= 11 is 0. The first kappa shape index (κ1) is 10.4. The average Bonchev–Trinajstić information content (AvgIpc) is 2.74. The van der Waals surface area contributed by atoms with Gasteiger partial charge in [-0.15, -0.1) is 0 Å². The highest BCUT2D eigenvalue weighted by Gasteiger charge is 2.34. The van der Waals surface area contributed by atoms with Gasteiger partial charge in [0.25, 0.3) is 0 Å². The molecule has 2 heteroatoms. The largest absolute Gasteiger partial charge is 0.244 e. The van der Waals surface area contributed by atoms with Crippen molar-refractivity contribution in [1.29, 1.82) is 0 Å². The van der Waals surface area contributed by atoms with Crippen LogP contribution in [0.25, 0.3) is 0 Å². The highest BCUT2D eigenvalue weighted by molar-refractivity contribution is 4.84. The third kappa shape index (κ3) is 2.46. The lowest BCUT2D eigenvalue weighted by atomic mass is 9.94. The molecule has 0 N–H and O–H groups in total. The van der Waals surface area contributed by atoms with E-state index < -0.39 is 12.3 Å². The molecule has 0 amide bonds. The number of alkyl halides is 2. The van der Waals surface area contributed by atoms with Gasteiger partial charge in [0.15, 0.2) is 0 Å². The molecule has 2 atom stereocenters. The van der Waals surface area contributed by atoms with Crippen LogP contribution in [0, 0.1) is 11.8 Å². The van der Waals surface area contributed by atoms with Crippen LogP contribution in [0.2, 0.25) is 0 Å². The smallest absolute Gasteiger partial charge is 0.131 e. The molecule has 0 aromatic carbocycles. The van der Waals surface area contributed by atoms with Crippen LogP contribution in [0.4, 0.5) is 8.78 Å². The molecule has 0 spiro atoms. The predicted octanol–water partition coefficient (Wildman–Crippen LogP) is 4.04. The Labute approximate surface area is 85.1 Å². The van der Waals surface area contributed by atoms with Gasteiger partial charge in [-0.1, -0.05) is 32.1 Å². The first-order valence-corrected chi connectivity index (χ1v) is 6.04. The summed E-state index contributed by atoms with van der Waals surface area (Å²) in [6, 6.07) is 0. The maximum absolute atomic E-state index is 12.9. The van der Waals surface area contributed by atoms with Crippen molar-refractivity contribution in [2.75, 3.05) is 0 Å². The van der Waals surface area contributed by atoms with E-state index in [0.717, 1.165) is 12.3 Å². The number of rotatable bonds is 3. The minimum absolute atomic E-state index is 0.334. The van der Waals surface area contributed by atoms with Crippen LogP contribution in [0.3, 0.4) is 0 Å². The number of halogens is 2. The van der Waals surface area contributed by atoms with E-state index in [9.17, 15) is 8.78 Å². The van der Waals surface area contributed by atoms with Gasteiger partial charge in [-0.05, 0) is 31.1 Å². The monoisotopic (exact) mass is 202 g/mol. The Hall–Kier alpha value is -0.140. The van der Waals surface area contributed by atoms with Crippen LogP contribution in [-0.2, 0) is 0 Å². The van der Waals surface area contributed by atoms with Crippen LogP contribution in [0.15, 0.2) is 0 Å². The fourth-order valence-corrected chi connectivity index (χ4v) is 3.03. The lowest BCUT2D eigenvalue weighted by molar-refractivity contribution is 0.199. The summed E-state index contributed by atoms with van der Waals surface area (Å²) in [6.45, 7) is 0. The second kappa shape index (κ2) is 4.59. The van der Waals surface area contributed by atoms with Gasteiger partial charge in [0.05, 0.1) is 0 Å². The van der Waals surface area contributed by atoms with Crippen molar-refractivity contribution in [3.05, 3.63) is 0 Å². The molecule has 0 heterocycles. The summed E-state index contributed by atoms with van der Waals surface area (Å²) in [5, 5.41) is 0. The molecule has 2 aliphatic rings. The van der Waals surface area contributed by atoms with Crippen LogP contribution in [0.1, 0.15) is 51.4 Å². The van der Waals surface area contributed by atoms with Crippen molar-refractivity contribution in [3.8, 4) is 0 Å². The molecule has 2 unspecified atom stereocenters. The van der Waals surface area contributed by atoms with Gasteiger partial charge in [-0.2, -0.15) is 0 Å². The highest BCUT2D eigenvalue weighted by Crippen LogP contribution is 2.37. The van der Waals surface area contributed by atoms with Crippen molar-refractivity contribution in [3.63, 3.8) is 0 Å². The second-order valence-electron chi connectivity index (χ2n) is 5.10. The Morgan fingerprint density at radius 2 is 1.29 bits per heavy atom. The van der Waals surface area contributed by atoms with Gasteiger partial charge in [0.2, 0.25) is 0 Å². The minimum Gasteiger partial charge on any atom is -0.244 e. The summed E-state index contributed by atoms with van der Waals surface area (Å²) < 4.78 is 25.8. The molecule has 0 aromatic heterocycles. The minimum atomic E-state index is -1.16. The molecule has 0 nitrogen and oxygen atoms in total. The summed E-state index contributed by atoms with van der Waals surface area (Å²) in [7, 11) is 0. The molecule has 14 heavy (non-hydrogen) atoms. The molecule has 2 rings (SSSR count). The van der Waals surface area contributed by atoms with Crippen molar-refractivity contribution in [2.24, 2.45) is 11.8 Å². The van der Waals surface area contributed by atoms with E-state index in [-0.39, 0.29) is 0 Å². The van der Waals surface area contributed by atoms with E-state index in [1.54, 1.807) is 0 Å². The van der Waals surface area contributed by atoms with Crippen LogP contribution in [-0.4, -0.2) is 12.3 Å². The van der Waals surface area contributed by atoms with Gasteiger partial charge in [0.1, 0.15) is 12.3 Å². The van der Waals surface area contributed by atoms with Crippen LogP contribution >= 0.6 is 0 Å². The van der Waals surface area contributed by atoms with Crippen molar-refractivity contribution < 1.29 is 8.78 Å². The summed E-state index contributed by atoms with van der Waals surface area (Å²) in [6.07, 6.45) is 6.35. The molecule has 0 aromatic rings. The van der Waals surface area contributed by atoms with Gasteiger partial charge in [-0.3, -0.25) is 0 Å². The number of hydrogen-bond acceptors (Lipinski definition) is 0. The number of hydrogen-bond donors (Lipinski definition) is 0. The molecular formula is C12H20F2. The SMILES string of the molecule is FC1CC(CCC2CCCC2)CC1F. The maximum Gasteiger partial charge on any atom is 0.131 e. The summed E-state index contributed by atoms with van der Waals surface area (Å²) in [4.78, 5) is 0. The van der Waals surface area contributed by atoms with Gasteiger partial charge >= 0.3 is 0 Å². The molecule has 0 aliphatic heterocycles. The van der Waals surface area contributed by atoms with Crippen LogP contribution < -0.4 is 0 Å². The maximum atomic E-state index is 12.9. The second-order valence-corrected chi connectivity index (χ2v) is 5.10. The zero-order chi connectivity index (χ0) is 9.97. The zero-order valence-electron chi connectivity index (χ0n) is 8.72. The van der Waals surface area contributed by atoms with E-state index in [2.05, 4.69) is 0 Å². The van der Waals surface area contributed by atoms with E-state index in [1.165, 1.54) is 32.1 Å². The van der Waals surface area contributed by atoms with Crippen LogP contribution in [0.5, 0.6) is 0 Å². The Morgan fingerprint density at radius 1 is 0.786 bits per heavy atom. The summed E-state index contributed by atoms with van der Waals surface area (Å²) in [5.74, 6) is 1.20. The Morgan fingerprint density at radius 3 is 1.86 bits per heavy atom. The van der Waals surface area contributed by atoms with Crippen molar-refractivity contribution in [1.82, 2.24) is 0 Å². The van der Waals surface area contributed by atoms with E-state index in [4.69, 9.17) is 0 Å². The Balaban J connectivity index is 1.66. The lowest BCUT2D eigenvalue weighted by Crippen LogP contribution is -2.06. The third-order valence-corrected chi connectivity index (χ3v) is 3.97. The van der Waals surface area contributed by atoms with Gasteiger partial charge in [0, 0.05) is 0 Å². The molecule has 0 saturated heterocycles. The van der Waals surface area contributed by atoms with E-state index in [0.29, 0.717) is 18.8 Å². The van der Waals surface area contributed by atoms with E-state index >= 15 is 0 Å². The third-order valence-electron chi connectivity index (χ3n) is 3.97. The molecule has 2 aliphatic carbocycles. The van der Waals surface area contributed by atoms with Gasteiger partial charge < -0.3 is 0 Å². The standard InChI is InChI=1S/C12H20F2/c13-11-7-10(8-12(11)14)6-5-9-3-1-2-4-9/h9-12H,1-8H2. The molecular weight excluding hydrogens is 182 g/mol. The van der Waals surface area contributed by atoms with E-state index in [1.807, 2.05) is 0 Å². The highest BCUT2D eigenvalue weighted by atomic mass is 19.2.